The Balaban J connectivity index is 2.93. The minimum absolute atomic E-state index is 0.0701. The van der Waals surface area contributed by atoms with Crippen molar-refractivity contribution in [3.63, 3.8) is 0 Å². The second-order valence-electron chi connectivity index (χ2n) is 6.13. The lowest BCUT2D eigenvalue weighted by Gasteiger charge is -2.36. The number of amides is 1. The molecule has 1 rings (SSSR count). The van der Waals surface area contributed by atoms with E-state index in [1.54, 1.807) is 4.90 Å². The van der Waals surface area contributed by atoms with Gasteiger partial charge in [0.1, 0.15) is 11.3 Å². The molecule has 102 valence electrons. The van der Waals surface area contributed by atoms with Crippen LogP contribution in [0.5, 0.6) is 0 Å². The molecular weight excluding hydrogens is 230 g/mol. The second kappa shape index (κ2) is 4.81. The number of terminal acetylenes is 1. The molecule has 2 atom stereocenters. The Morgan fingerprint density at radius 3 is 2.56 bits per heavy atom. The molecule has 1 heterocycles. The van der Waals surface area contributed by atoms with Crippen LogP contribution in [0, 0.1) is 18.3 Å². The molecule has 1 aliphatic rings. The lowest BCUT2D eigenvalue weighted by Crippen LogP contribution is -2.51. The Morgan fingerprint density at radius 1 is 1.56 bits per heavy atom. The van der Waals surface area contributed by atoms with Gasteiger partial charge in [0.05, 0.1) is 12.6 Å². The van der Waals surface area contributed by atoms with E-state index in [9.17, 15) is 4.79 Å². The molecular formula is C14H23NO3. The fraction of sp³-hybridized carbons (Fsp3) is 0.786. The van der Waals surface area contributed by atoms with Gasteiger partial charge in [-0.3, -0.25) is 4.90 Å². The van der Waals surface area contributed by atoms with Gasteiger partial charge in [0, 0.05) is 5.92 Å². The van der Waals surface area contributed by atoms with Crippen molar-refractivity contribution in [2.45, 2.75) is 58.9 Å². The largest absolute Gasteiger partial charge is 0.444 e. The van der Waals surface area contributed by atoms with Crippen LogP contribution in [0.15, 0.2) is 0 Å². The minimum atomic E-state index is -0.682. The zero-order chi connectivity index (χ0) is 14.1. The van der Waals surface area contributed by atoms with E-state index in [4.69, 9.17) is 15.9 Å². The third-order valence-corrected chi connectivity index (χ3v) is 2.95. The van der Waals surface area contributed by atoms with Gasteiger partial charge in [-0.25, -0.2) is 4.79 Å². The number of carbonyl (C=O) groups excluding carboxylic acids is 1. The number of carbonyl (C=O) groups is 1. The zero-order valence-electron chi connectivity index (χ0n) is 12.1. The average molecular weight is 253 g/mol. The van der Waals surface area contributed by atoms with Gasteiger partial charge < -0.3 is 9.47 Å². The van der Waals surface area contributed by atoms with E-state index >= 15 is 0 Å². The lowest BCUT2D eigenvalue weighted by molar-refractivity contribution is -0.0634. The van der Waals surface area contributed by atoms with Gasteiger partial charge in [-0.15, -0.1) is 12.3 Å². The number of rotatable bonds is 1. The van der Waals surface area contributed by atoms with Crippen molar-refractivity contribution in [2.75, 3.05) is 6.61 Å². The number of hydrogen-bond acceptors (Lipinski definition) is 3. The lowest BCUT2D eigenvalue weighted by atomic mass is 10.0. The maximum absolute atomic E-state index is 12.3. The predicted octanol–water partition coefficient (Wildman–Crippen LogP) is 2.63. The van der Waals surface area contributed by atoms with Crippen molar-refractivity contribution < 1.29 is 14.3 Å². The van der Waals surface area contributed by atoms with Crippen LogP contribution in [0.3, 0.4) is 0 Å². The van der Waals surface area contributed by atoms with Crippen LogP contribution in [0.4, 0.5) is 4.79 Å². The SMILES string of the molecule is C#C[C@@H](C)[C@@H]1COC(C)(C)N1C(=O)OC(C)(C)C. The highest BCUT2D eigenvalue weighted by atomic mass is 16.6. The van der Waals surface area contributed by atoms with Crippen LogP contribution >= 0.6 is 0 Å². The quantitative estimate of drug-likeness (QED) is 0.674. The van der Waals surface area contributed by atoms with Crippen molar-refractivity contribution >= 4 is 6.09 Å². The van der Waals surface area contributed by atoms with Gasteiger partial charge in [0.25, 0.3) is 0 Å². The molecule has 0 aromatic carbocycles. The van der Waals surface area contributed by atoms with Gasteiger partial charge in [-0.1, -0.05) is 0 Å². The van der Waals surface area contributed by atoms with Gasteiger partial charge in [-0.2, -0.15) is 0 Å². The van der Waals surface area contributed by atoms with Crippen molar-refractivity contribution in [1.29, 1.82) is 0 Å². The topological polar surface area (TPSA) is 38.8 Å². The molecule has 0 N–H and O–H groups in total. The summed E-state index contributed by atoms with van der Waals surface area (Å²) in [4.78, 5) is 13.9. The molecule has 1 amide bonds. The van der Waals surface area contributed by atoms with E-state index in [1.165, 1.54) is 0 Å². The van der Waals surface area contributed by atoms with Crippen molar-refractivity contribution in [3.8, 4) is 12.3 Å². The zero-order valence-corrected chi connectivity index (χ0v) is 12.1. The van der Waals surface area contributed by atoms with Crippen molar-refractivity contribution in [3.05, 3.63) is 0 Å². The first-order valence-electron chi connectivity index (χ1n) is 6.21. The van der Waals surface area contributed by atoms with Crippen LogP contribution in [0.1, 0.15) is 41.5 Å². The van der Waals surface area contributed by atoms with Crippen molar-refractivity contribution in [2.24, 2.45) is 5.92 Å². The molecule has 0 spiro atoms. The van der Waals surface area contributed by atoms with Crippen LogP contribution in [0.2, 0.25) is 0 Å². The summed E-state index contributed by atoms with van der Waals surface area (Å²) < 4.78 is 11.1. The molecule has 18 heavy (non-hydrogen) atoms. The highest BCUT2D eigenvalue weighted by Gasteiger charge is 2.47. The summed E-state index contributed by atoms with van der Waals surface area (Å²) in [7, 11) is 0. The Bertz CT molecular complexity index is 362. The molecule has 1 aliphatic heterocycles. The van der Waals surface area contributed by atoms with Crippen LogP contribution in [-0.4, -0.2) is 35.0 Å². The molecule has 4 heteroatoms. The summed E-state index contributed by atoms with van der Waals surface area (Å²) in [6.45, 7) is 11.6. The molecule has 4 nitrogen and oxygen atoms in total. The first-order chi connectivity index (χ1) is 8.08. The maximum atomic E-state index is 12.3. The van der Waals surface area contributed by atoms with E-state index in [2.05, 4.69) is 5.92 Å². The molecule has 0 bridgehead atoms. The summed E-state index contributed by atoms with van der Waals surface area (Å²) in [5, 5.41) is 0. The van der Waals surface area contributed by atoms with Crippen LogP contribution in [0.25, 0.3) is 0 Å². The summed E-state index contributed by atoms with van der Waals surface area (Å²) in [5.41, 5.74) is -1.21. The normalized spacial score (nSPS) is 24.5. The fourth-order valence-corrected chi connectivity index (χ4v) is 1.98. The van der Waals surface area contributed by atoms with Gasteiger partial charge in [0.15, 0.2) is 0 Å². The first kappa shape index (κ1) is 14.8. The smallest absolute Gasteiger partial charge is 0.412 e. The van der Waals surface area contributed by atoms with Gasteiger partial charge in [0.2, 0.25) is 0 Å². The van der Waals surface area contributed by atoms with E-state index in [-0.39, 0.29) is 18.1 Å². The van der Waals surface area contributed by atoms with E-state index < -0.39 is 11.3 Å². The Morgan fingerprint density at radius 2 is 2.11 bits per heavy atom. The molecule has 0 saturated carbocycles. The highest BCUT2D eigenvalue weighted by Crippen LogP contribution is 2.32. The van der Waals surface area contributed by atoms with Crippen molar-refractivity contribution in [1.82, 2.24) is 4.90 Å². The standard InChI is InChI=1S/C14H23NO3/c1-8-10(2)11-9-17-14(6,7)15(11)12(16)18-13(3,4)5/h1,10-11H,9H2,2-7H3/t10-,11+/m1/s1. The van der Waals surface area contributed by atoms with Gasteiger partial charge >= 0.3 is 6.09 Å². The average Bonchev–Trinajstić information content (AvgIpc) is 2.50. The maximum Gasteiger partial charge on any atom is 0.412 e. The van der Waals surface area contributed by atoms with Crippen LogP contribution in [-0.2, 0) is 9.47 Å². The summed E-state index contributed by atoms with van der Waals surface area (Å²) in [5.74, 6) is 2.59. The number of hydrogen-bond donors (Lipinski definition) is 0. The fourth-order valence-electron chi connectivity index (χ4n) is 1.98. The monoisotopic (exact) mass is 253 g/mol. The van der Waals surface area contributed by atoms with E-state index in [0.29, 0.717) is 6.61 Å². The third kappa shape index (κ3) is 3.17. The minimum Gasteiger partial charge on any atom is -0.444 e. The summed E-state index contributed by atoms with van der Waals surface area (Å²) >= 11 is 0. The predicted molar refractivity (Wildman–Crippen MR) is 69.9 cm³/mol. The molecule has 0 unspecified atom stereocenters. The highest BCUT2D eigenvalue weighted by molar-refractivity contribution is 5.70. The molecule has 0 aromatic heterocycles. The Labute approximate surface area is 110 Å². The molecule has 0 aromatic rings. The third-order valence-electron chi connectivity index (χ3n) is 2.95. The first-order valence-corrected chi connectivity index (χ1v) is 6.21. The number of nitrogens with zero attached hydrogens (tertiary/aromatic N) is 1. The van der Waals surface area contributed by atoms with Crippen LogP contribution < -0.4 is 0 Å². The molecule has 1 saturated heterocycles. The Kier molecular flexibility index (Phi) is 3.97. The molecule has 0 aliphatic carbocycles. The van der Waals surface area contributed by atoms with E-state index in [0.717, 1.165) is 0 Å². The van der Waals surface area contributed by atoms with Gasteiger partial charge in [-0.05, 0) is 41.5 Å². The molecule has 1 fully saturated rings. The summed E-state index contributed by atoms with van der Waals surface area (Å²) in [6.07, 6.45) is 5.07. The Hall–Kier alpha value is -1.21. The second-order valence-corrected chi connectivity index (χ2v) is 6.13. The van der Waals surface area contributed by atoms with E-state index in [1.807, 2.05) is 41.5 Å². The number of ether oxygens (including phenoxy) is 2. The summed E-state index contributed by atoms with van der Waals surface area (Å²) in [6, 6.07) is -0.139. The molecule has 0 radical (unpaired) electrons.